The van der Waals surface area contributed by atoms with Gasteiger partial charge in [-0.05, 0) is 23.6 Å². The molecule has 0 bridgehead atoms. The summed E-state index contributed by atoms with van der Waals surface area (Å²) in [5.74, 6) is 0. The molecule has 1 heteroatoms. The van der Waals surface area contributed by atoms with E-state index in [1.807, 2.05) is 24.5 Å². The molecular formula is C9H11N. The van der Waals surface area contributed by atoms with Gasteiger partial charge in [0.2, 0.25) is 0 Å². The Bertz CT molecular complexity index is 228. The zero-order valence-corrected chi connectivity index (χ0v) is 6.17. The van der Waals surface area contributed by atoms with Crippen LogP contribution in [0.2, 0.25) is 0 Å². The molecule has 10 heavy (non-hydrogen) atoms. The number of nitrogens with zero attached hydrogens (tertiary/aromatic N) is 1. The van der Waals surface area contributed by atoms with Gasteiger partial charge in [-0.25, -0.2) is 0 Å². The monoisotopic (exact) mass is 133 g/mol. The molecule has 0 spiro atoms. The van der Waals surface area contributed by atoms with Gasteiger partial charge in [0, 0.05) is 12.4 Å². The summed E-state index contributed by atoms with van der Waals surface area (Å²) in [6.45, 7) is 5.83. The van der Waals surface area contributed by atoms with Gasteiger partial charge in [0.1, 0.15) is 0 Å². The molecule has 52 valence electrons. The van der Waals surface area contributed by atoms with Crippen molar-refractivity contribution in [3.8, 4) is 0 Å². The first-order chi connectivity index (χ1) is 4.88. The summed E-state index contributed by atoms with van der Waals surface area (Å²) in [5, 5.41) is 0. The van der Waals surface area contributed by atoms with E-state index in [9.17, 15) is 0 Å². The lowest BCUT2D eigenvalue weighted by molar-refractivity contribution is 1.11. The maximum Gasteiger partial charge on any atom is 0.0342 e. The molecule has 0 aliphatic carbocycles. The Labute approximate surface area is 61.4 Å². The lowest BCUT2D eigenvalue weighted by Crippen LogP contribution is -1.85. The van der Waals surface area contributed by atoms with Crippen molar-refractivity contribution in [3.05, 3.63) is 36.2 Å². The Kier molecular flexibility index (Phi) is 2.21. The fraction of sp³-hybridized carbons (Fsp3) is 0.222. The van der Waals surface area contributed by atoms with Crippen LogP contribution in [0.25, 0.3) is 6.08 Å². The third-order valence-electron chi connectivity index (χ3n) is 1.55. The van der Waals surface area contributed by atoms with Crippen LogP contribution in [0, 0.1) is 0 Å². The molecule has 1 nitrogen and oxygen atoms in total. The molecule has 1 heterocycles. The Morgan fingerprint density at radius 2 is 2.50 bits per heavy atom. The summed E-state index contributed by atoms with van der Waals surface area (Å²) >= 11 is 0. The van der Waals surface area contributed by atoms with Gasteiger partial charge in [-0.15, -0.1) is 0 Å². The normalized spacial score (nSPS) is 9.30. The second-order valence-electron chi connectivity index (χ2n) is 2.13. The van der Waals surface area contributed by atoms with E-state index in [-0.39, 0.29) is 0 Å². The highest BCUT2D eigenvalue weighted by atomic mass is 14.6. The number of hydrogen-bond donors (Lipinski definition) is 0. The SMILES string of the molecule is C=Cc1cnccc1CC. The van der Waals surface area contributed by atoms with Crippen molar-refractivity contribution in [1.82, 2.24) is 4.98 Å². The molecule has 1 aromatic heterocycles. The van der Waals surface area contributed by atoms with E-state index < -0.39 is 0 Å². The van der Waals surface area contributed by atoms with Crippen LogP contribution >= 0.6 is 0 Å². The molecule has 0 unspecified atom stereocenters. The molecule has 0 aromatic carbocycles. The average molecular weight is 133 g/mol. The first-order valence-corrected chi connectivity index (χ1v) is 3.43. The first kappa shape index (κ1) is 7.00. The van der Waals surface area contributed by atoms with E-state index in [0.29, 0.717) is 0 Å². The number of aryl methyl sites for hydroxylation is 1. The zero-order valence-electron chi connectivity index (χ0n) is 6.17. The van der Waals surface area contributed by atoms with Crippen molar-refractivity contribution in [2.45, 2.75) is 13.3 Å². The highest BCUT2D eigenvalue weighted by Crippen LogP contribution is 2.07. The Hall–Kier alpha value is -1.11. The van der Waals surface area contributed by atoms with E-state index in [4.69, 9.17) is 0 Å². The van der Waals surface area contributed by atoms with Gasteiger partial charge in [-0.1, -0.05) is 19.6 Å². The fourth-order valence-electron chi connectivity index (χ4n) is 0.941. The smallest absolute Gasteiger partial charge is 0.0342 e. The third kappa shape index (κ3) is 1.24. The molecule has 0 aliphatic heterocycles. The van der Waals surface area contributed by atoms with Crippen molar-refractivity contribution in [3.63, 3.8) is 0 Å². The van der Waals surface area contributed by atoms with Crippen molar-refractivity contribution >= 4 is 6.08 Å². The van der Waals surface area contributed by atoms with Crippen molar-refractivity contribution in [2.75, 3.05) is 0 Å². The van der Waals surface area contributed by atoms with E-state index in [1.54, 1.807) is 0 Å². The molecule has 0 saturated carbocycles. The molecule has 0 N–H and O–H groups in total. The van der Waals surface area contributed by atoms with Gasteiger partial charge in [-0.2, -0.15) is 0 Å². The third-order valence-corrected chi connectivity index (χ3v) is 1.55. The Morgan fingerprint density at radius 3 is 3.00 bits per heavy atom. The quantitative estimate of drug-likeness (QED) is 0.603. The lowest BCUT2D eigenvalue weighted by Gasteiger charge is -1.98. The maximum atomic E-state index is 3.99. The zero-order chi connectivity index (χ0) is 7.40. The number of aromatic nitrogens is 1. The summed E-state index contributed by atoms with van der Waals surface area (Å²) < 4.78 is 0. The molecule has 0 fully saturated rings. The standard InChI is InChI=1S/C9H11N/c1-3-8-5-6-10-7-9(8)4-2/h4-7H,2-3H2,1H3. The van der Waals surface area contributed by atoms with Gasteiger partial charge >= 0.3 is 0 Å². The van der Waals surface area contributed by atoms with Crippen LogP contribution in [0.5, 0.6) is 0 Å². The van der Waals surface area contributed by atoms with Crippen LogP contribution in [0.1, 0.15) is 18.1 Å². The summed E-state index contributed by atoms with van der Waals surface area (Å²) in [4.78, 5) is 3.99. The van der Waals surface area contributed by atoms with Crippen molar-refractivity contribution < 1.29 is 0 Å². The number of hydrogen-bond acceptors (Lipinski definition) is 1. The Morgan fingerprint density at radius 1 is 1.70 bits per heavy atom. The molecule has 0 atom stereocenters. The number of rotatable bonds is 2. The van der Waals surface area contributed by atoms with Crippen LogP contribution < -0.4 is 0 Å². The first-order valence-electron chi connectivity index (χ1n) is 3.43. The predicted octanol–water partition coefficient (Wildman–Crippen LogP) is 2.29. The fourth-order valence-corrected chi connectivity index (χ4v) is 0.941. The minimum atomic E-state index is 1.05. The molecule has 1 aromatic rings. The van der Waals surface area contributed by atoms with Crippen LogP contribution in [-0.2, 0) is 6.42 Å². The van der Waals surface area contributed by atoms with E-state index in [0.717, 1.165) is 12.0 Å². The molecule has 0 aliphatic rings. The van der Waals surface area contributed by atoms with Crippen LogP contribution in [-0.4, -0.2) is 4.98 Å². The summed E-state index contributed by atoms with van der Waals surface area (Å²) in [6.07, 6.45) is 6.54. The highest BCUT2D eigenvalue weighted by Gasteiger charge is 1.92. The number of pyridine rings is 1. The largest absolute Gasteiger partial charge is 0.264 e. The highest BCUT2D eigenvalue weighted by molar-refractivity contribution is 5.49. The summed E-state index contributed by atoms with van der Waals surface area (Å²) in [5.41, 5.74) is 2.45. The molecule has 0 saturated heterocycles. The van der Waals surface area contributed by atoms with Gasteiger partial charge in [0.25, 0.3) is 0 Å². The molecular weight excluding hydrogens is 122 g/mol. The topological polar surface area (TPSA) is 12.9 Å². The minimum Gasteiger partial charge on any atom is -0.264 e. The second-order valence-corrected chi connectivity index (χ2v) is 2.13. The van der Waals surface area contributed by atoms with Crippen LogP contribution in [0.15, 0.2) is 25.0 Å². The predicted molar refractivity (Wildman–Crippen MR) is 43.7 cm³/mol. The minimum absolute atomic E-state index is 1.05. The molecule has 0 amide bonds. The van der Waals surface area contributed by atoms with Gasteiger partial charge in [-0.3, -0.25) is 4.98 Å². The van der Waals surface area contributed by atoms with Gasteiger partial charge in [0.05, 0.1) is 0 Å². The summed E-state index contributed by atoms with van der Waals surface area (Å²) in [6, 6.07) is 2.02. The molecule has 0 radical (unpaired) electrons. The Balaban J connectivity index is 3.08. The van der Waals surface area contributed by atoms with E-state index in [2.05, 4.69) is 18.5 Å². The summed E-state index contributed by atoms with van der Waals surface area (Å²) in [7, 11) is 0. The van der Waals surface area contributed by atoms with E-state index in [1.165, 1.54) is 5.56 Å². The maximum absolute atomic E-state index is 3.99. The second kappa shape index (κ2) is 3.16. The van der Waals surface area contributed by atoms with Gasteiger partial charge in [0.15, 0.2) is 0 Å². The van der Waals surface area contributed by atoms with Crippen LogP contribution in [0.3, 0.4) is 0 Å². The van der Waals surface area contributed by atoms with Crippen molar-refractivity contribution in [2.24, 2.45) is 0 Å². The van der Waals surface area contributed by atoms with E-state index >= 15 is 0 Å². The van der Waals surface area contributed by atoms with Gasteiger partial charge < -0.3 is 0 Å². The van der Waals surface area contributed by atoms with Crippen LogP contribution in [0.4, 0.5) is 0 Å². The lowest BCUT2D eigenvalue weighted by atomic mass is 10.1. The molecule has 1 rings (SSSR count). The average Bonchev–Trinajstić information content (AvgIpc) is 2.04. The van der Waals surface area contributed by atoms with Crippen molar-refractivity contribution in [1.29, 1.82) is 0 Å².